The smallest absolute Gasteiger partial charge is 0.381 e. The van der Waals surface area contributed by atoms with Crippen molar-refractivity contribution in [2.75, 3.05) is 78.7 Å². The molecule has 2 aliphatic rings. The van der Waals surface area contributed by atoms with Crippen LogP contribution in [-0.4, -0.2) is 111 Å². The number of piperidine rings is 1. The van der Waals surface area contributed by atoms with Gasteiger partial charge in [-0.25, -0.2) is 9.97 Å². The number of carbonyl (C=O) groups is 1. The van der Waals surface area contributed by atoms with Gasteiger partial charge in [0.1, 0.15) is 5.69 Å². The van der Waals surface area contributed by atoms with E-state index in [9.17, 15) is 18.0 Å². The molecule has 43 heavy (non-hydrogen) atoms. The Morgan fingerprint density at radius 2 is 1.86 bits per heavy atom. The Morgan fingerprint density at radius 3 is 2.58 bits per heavy atom. The van der Waals surface area contributed by atoms with Crippen molar-refractivity contribution in [3.05, 3.63) is 53.3 Å². The number of likely N-dealkylation sites (N-methyl/N-ethyl adjacent to an activating group) is 1. The van der Waals surface area contributed by atoms with Crippen LogP contribution in [0.5, 0.6) is 0 Å². The maximum atomic E-state index is 13.2. The molecule has 1 spiro atoms. The van der Waals surface area contributed by atoms with Gasteiger partial charge in [0.05, 0.1) is 44.9 Å². The molecule has 3 heterocycles. The van der Waals surface area contributed by atoms with Crippen molar-refractivity contribution in [3.63, 3.8) is 0 Å². The molecule has 1 aromatic heterocycles. The third kappa shape index (κ3) is 9.57. The van der Waals surface area contributed by atoms with Gasteiger partial charge < -0.3 is 28.7 Å². The highest BCUT2D eigenvalue weighted by Crippen LogP contribution is 2.33. The van der Waals surface area contributed by atoms with Crippen molar-refractivity contribution in [2.24, 2.45) is 0 Å². The van der Waals surface area contributed by atoms with Crippen molar-refractivity contribution in [1.29, 1.82) is 0 Å². The van der Waals surface area contributed by atoms with Gasteiger partial charge in [-0.1, -0.05) is 24.3 Å². The average Bonchev–Trinajstić information content (AvgIpc) is 3.00. The van der Waals surface area contributed by atoms with E-state index in [2.05, 4.69) is 33.1 Å². The second-order valence-corrected chi connectivity index (χ2v) is 11.1. The van der Waals surface area contributed by atoms with E-state index in [1.165, 1.54) is 31.5 Å². The minimum absolute atomic E-state index is 0.0280. The molecule has 0 radical (unpaired) electrons. The van der Waals surface area contributed by atoms with Gasteiger partial charge in [-0.15, -0.1) is 0 Å². The van der Waals surface area contributed by atoms with E-state index in [4.69, 9.17) is 18.9 Å². The molecule has 4 rings (SSSR count). The molecule has 0 aliphatic carbocycles. The van der Waals surface area contributed by atoms with Crippen molar-refractivity contribution in [3.8, 4) is 0 Å². The number of rotatable bonds is 13. The first-order chi connectivity index (χ1) is 20.6. The number of hydrogen-bond acceptors (Lipinski definition) is 9. The summed E-state index contributed by atoms with van der Waals surface area (Å²) in [5.41, 5.74) is 1.03. The lowest BCUT2D eigenvalue weighted by Gasteiger charge is -2.47. The van der Waals surface area contributed by atoms with Gasteiger partial charge >= 0.3 is 6.18 Å². The van der Waals surface area contributed by atoms with Crippen LogP contribution in [0.25, 0.3) is 0 Å². The Hall–Kier alpha value is -2.84. The number of halogens is 3. The monoisotopic (exact) mass is 609 g/mol. The summed E-state index contributed by atoms with van der Waals surface area (Å²) in [5.74, 6) is 0.0710. The standard InChI is InChI=1S/C30H42F3N5O5/c1-36(21-27(40-2)41-3)26(39)9-17-42-16-8-23-5-4-6-24(19-23)20-37-13-10-29(11-14-37)22-38(15-18-43-29)28-34-12-7-25(35-28)30(31,32)33/h4-7,12,19,27H,8-11,13-18,20-22H2,1-3H3. The molecule has 1 aromatic carbocycles. The Labute approximate surface area is 251 Å². The summed E-state index contributed by atoms with van der Waals surface area (Å²) in [4.78, 5) is 25.9. The number of nitrogens with zero attached hydrogens (tertiary/aromatic N) is 5. The van der Waals surface area contributed by atoms with Crippen molar-refractivity contribution < 1.29 is 36.9 Å². The Bertz CT molecular complexity index is 1170. The molecule has 0 N–H and O–H groups in total. The molecule has 13 heteroatoms. The highest BCUT2D eigenvalue weighted by atomic mass is 19.4. The van der Waals surface area contributed by atoms with Crippen LogP contribution < -0.4 is 4.90 Å². The Kier molecular flexibility index (Phi) is 11.7. The second kappa shape index (κ2) is 15.2. The van der Waals surface area contributed by atoms with Crippen molar-refractivity contribution >= 4 is 11.9 Å². The van der Waals surface area contributed by atoms with Crippen LogP contribution in [0.4, 0.5) is 19.1 Å². The van der Waals surface area contributed by atoms with Crippen LogP contribution in [0.1, 0.15) is 36.1 Å². The number of hydrogen-bond donors (Lipinski definition) is 0. The van der Waals surface area contributed by atoms with Crippen LogP contribution in [0.3, 0.4) is 0 Å². The first kappa shape index (κ1) is 33.1. The minimum atomic E-state index is -4.51. The van der Waals surface area contributed by atoms with Gasteiger partial charge in [0.15, 0.2) is 6.29 Å². The molecule has 1 amide bonds. The number of carbonyl (C=O) groups excluding carboxylic acids is 1. The van der Waals surface area contributed by atoms with Crippen LogP contribution in [0, 0.1) is 0 Å². The minimum Gasteiger partial charge on any atom is -0.381 e. The molecule has 0 saturated carbocycles. The SMILES string of the molecule is COC(CN(C)C(=O)CCOCCc1cccc(CN2CCC3(CC2)CN(c2nccc(C(F)(F)F)n2)CCO3)c1)OC. The van der Waals surface area contributed by atoms with Crippen LogP contribution in [0.2, 0.25) is 0 Å². The van der Waals surface area contributed by atoms with Gasteiger partial charge in [-0.2, -0.15) is 13.2 Å². The van der Waals surface area contributed by atoms with Gasteiger partial charge in [-0.05, 0) is 36.5 Å². The average molecular weight is 610 g/mol. The number of likely N-dealkylation sites (tertiary alicyclic amines) is 1. The summed E-state index contributed by atoms with van der Waals surface area (Å²) in [7, 11) is 4.79. The molecule has 2 saturated heterocycles. The molecule has 2 fully saturated rings. The molecule has 0 unspecified atom stereocenters. The lowest BCUT2D eigenvalue weighted by atomic mass is 9.89. The lowest BCUT2D eigenvalue weighted by Crippen LogP contribution is -2.57. The predicted octanol–water partition coefficient (Wildman–Crippen LogP) is 3.39. The van der Waals surface area contributed by atoms with Crippen molar-refractivity contribution in [1.82, 2.24) is 19.8 Å². The number of amides is 1. The predicted molar refractivity (Wildman–Crippen MR) is 153 cm³/mol. The maximum Gasteiger partial charge on any atom is 0.433 e. The van der Waals surface area contributed by atoms with Crippen LogP contribution in [-0.2, 0) is 42.9 Å². The third-order valence-electron chi connectivity index (χ3n) is 8.00. The fourth-order valence-electron chi connectivity index (χ4n) is 5.45. The normalized spacial score (nSPS) is 17.5. The topological polar surface area (TPSA) is 89.5 Å². The lowest BCUT2D eigenvalue weighted by molar-refractivity contribution is -0.144. The molecule has 0 bridgehead atoms. The van der Waals surface area contributed by atoms with E-state index in [0.29, 0.717) is 45.9 Å². The van der Waals surface area contributed by atoms with E-state index in [1.54, 1.807) is 11.9 Å². The summed E-state index contributed by atoms with van der Waals surface area (Å²) in [6, 6.07) is 9.32. The van der Waals surface area contributed by atoms with E-state index >= 15 is 0 Å². The quantitative estimate of drug-likeness (QED) is 0.251. The Morgan fingerprint density at radius 1 is 1.12 bits per heavy atom. The number of anilines is 1. The Balaban J connectivity index is 1.19. The molecule has 238 valence electrons. The zero-order chi connectivity index (χ0) is 30.9. The highest BCUT2D eigenvalue weighted by molar-refractivity contribution is 5.75. The zero-order valence-electron chi connectivity index (χ0n) is 25.1. The summed E-state index contributed by atoms with van der Waals surface area (Å²) in [5, 5.41) is 0. The number of methoxy groups -OCH3 is 2. The summed E-state index contributed by atoms with van der Waals surface area (Å²) < 4.78 is 61.7. The van der Waals surface area contributed by atoms with E-state index in [0.717, 1.165) is 45.0 Å². The summed E-state index contributed by atoms with van der Waals surface area (Å²) >= 11 is 0. The number of alkyl halides is 3. The third-order valence-corrected chi connectivity index (χ3v) is 8.00. The second-order valence-electron chi connectivity index (χ2n) is 11.1. The number of benzene rings is 1. The van der Waals surface area contributed by atoms with E-state index in [1.807, 2.05) is 11.0 Å². The maximum absolute atomic E-state index is 13.2. The van der Waals surface area contributed by atoms with E-state index < -0.39 is 23.8 Å². The van der Waals surface area contributed by atoms with E-state index in [-0.39, 0.29) is 11.9 Å². The fraction of sp³-hybridized carbons (Fsp3) is 0.633. The fourth-order valence-corrected chi connectivity index (χ4v) is 5.45. The van der Waals surface area contributed by atoms with Gasteiger partial charge in [0, 0.05) is 53.6 Å². The molecular formula is C30H42F3N5O5. The molecule has 10 nitrogen and oxygen atoms in total. The summed E-state index contributed by atoms with van der Waals surface area (Å²) in [6.45, 7) is 5.03. The summed E-state index contributed by atoms with van der Waals surface area (Å²) in [6.07, 6.45) is -1.19. The first-order valence-corrected chi connectivity index (χ1v) is 14.6. The highest BCUT2D eigenvalue weighted by Gasteiger charge is 2.41. The van der Waals surface area contributed by atoms with Gasteiger partial charge in [0.2, 0.25) is 11.9 Å². The number of ether oxygens (including phenoxy) is 4. The van der Waals surface area contributed by atoms with Crippen LogP contribution in [0.15, 0.2) is 36.5 Å². The number of aromatic nitrogens is 2. The molecular weight excluding hydrogens is 567 g/mol. The molecule has 0 atom stereocenters. The zero-order valence-corrected chi connectivity index (χ0v) is 25.1. The molecule has 2 aliphatic heterocycles. The van der Waals surface area contributed by atoms with Gasteiger partial charge in [-0.3, -0.25) is 9.69 Å². The first-order valence-electron chi connectivity index (χ1n) is 14.6. The van der Waals surface area contributed by atoms with Crippen molar-refractivity contribution in [2.45, 2.75) is 50.3 Å². The molecule has 2 aromatic rings. The van der Waals surface area contributed by atoms with Gasteiger partial charge in [0.25, 0.3) is 0 Å². The largest absolute Gasteiger partial charge is 0.433 e. The van der Waals surface area contributed by atoms with Crippen LogP contribution >= 0.6 is 0 Å². The number of morpholine rings is 1.